The van der Waals surface area contributed by atoms with Gasteiger partial charge in [-0.2, -0.15) is 0 Å². The van der Waals surface area contributed by atoms with Crippen LogP contribution in [0.3, 0.4) is 0 Å². The first kappa shape index (κ1) is 15.4. The van der Waals surface area contributed by atoms with Crippen LogP contribution in [0.1, 0.15) is 12.8 Å². The summed E-state index contributed by atoms with van der Waals surface area (Å²) in [6.45, 7) is 1.31. The second kappa shape index (κ2) is 6.43. The molecule has 25 heavy (non-hydrogen) atoms. The fourth-order valence-electron chi connectivity index (χ4n) is 3.10. The molecule has 1 N–H and O–H groups in total. The number of nitrogens with zero attached hydrogens (tertiary/aromatic N) is 3. The minimum absolute atomic E-state index is 0.0504. The maximum Gasteiger partial charge on any atom is 0.329 e. The van der Waals surface area contributed by atoms with Gasteiger partial charge in [-0.3, -0.25) is 9.36 Å². The van der Waals surface area contributed by atoms with Crippen molar-refractivity contribution in [3.05, 3.63) is 59.4 Å². The summed E-state index contributed by atoms with van der Waals surface area (Å²) >= 11 is 0. The summed E-state index contributed by atoms with van der Waals surface area (Å²) < 4.78 is 7.55. The number of likely N-dealkylation sites (tertiary alicyclic amines) is 1. The van der Waals surface area contributed by atoms with Crippen molar-refractivity contribution in [2.45, 2.75) is 18.9 Å². The van der Waals surface area contributed by atoms with E-state index in [1.807, 2.05) is 23.1 Å². The predicted molar refractivity (Wildman–Crippen MR) is 92.8 cm³/mol. The van der Waals surface area contributed by atoms with Crippen LogP contribution in [0, 0.1) is 0 Å². The van der Waals surface area contributed by atoms with E-state index in [2.05, 4.69) is 9.97 Å². The Bertz CT molecular complexity index is 940. The molecule has 7 heteroatoms. The van der Waals surface area contributed by atoms with Crippen molar-refractivity contribution in [2.24, 2.45) is 0 Å². The normalized spacial score (nSPS) is 15.4. The minimum Gasteiger partial charge on any atom is -0.490 e. The second-order valence-corrected chi connectivity index (χ2v) is 6.13. The summed E-state index contributed by atoms with van der Waals surface area (Å²) in [6.07, 6.45) is 6.41. The zero-order chi connectivity index (χ0) is 17.2. The fourth-order valence-corrected chi connectivity index (χ4v) is 3.10. The van der Waals surface area contributed by atoms with E-state index in [0.717, 1.165) is 29.5 Å². The molecule has 3 aromatic rings. The third-order valence-corrected chi connectivity index (χ3v) is 4.44. The molecule has 1 fully saturated rings. The number of H-pyrrole nitrogens is 1. The van der Waals surface area contributed by atoms with E-state index in [4.69, 9.17) is 4.74 Å². The zero-order valence-corrected chi connectivity index (χ0v) is 13.6. The molecule has 0 unspecified atom stereocenters. The number of hydrogen-bond donors (Lipinski definition) is 1. The minimum atomic E-state index is -0.115. The summed E-state index contributed by atoms with van der Waals surface area (Å²) in [5, 5.41) is 0.935. The molecule has 0 spiro atoms. The number of aromatic amines is 1. The van der Waals surface area contributed by atoms with E-state index in [1.165, 1.54) is 17.0 Å². The molecule has 7 nitrogen and oxygen atoms in total. The molecule has 0 atom stereocenters. The highest BCUT2D eigenvalue weighted by Gasteiger charge is 2.24. The number of fused-ring (bicyclic) bond motifs is 1. The summed E-state index contributed by atoms with van der Waals surface area (Å²) in [7, 11) is 0. The highest BCUT2D eigenvalue weighted by atomic mass is 16.5. The maximum atomic E-state index is 12.3. The lowest BCUT2D eigenvalue weighted by Gasteiger charge is -2.32. The molecule has 2 aromatic heterocycles. The molecule has 1 aliphatic rings. The number of benzene rings is 1. The Morgan fingerprint density at radius 1 is 1.20 bits per heavy atom. The van der Waals surface area contributed by atoms with Gasteiger partial charge in [0.2, 0.25) is 5.56 Å². The average Bonchev–Trinajstić information content (AvgIpc) is 3.17. The Balaban J connectivity index is 1.39. The molecule has 128 valence electrons. The lowest BCUT2D eigenvalue weighted by atomic mass is 10.1. The van der Waals surface area contributed by atoms with Crippen molar-refractivity contribution in [1.29, 1.82) is 0 Å². The van der Waals surface area contributed by atoms with Crippen LogP contribution >= 0.6 is 0 Å². The molecule has 0 aliphatic carbocycles. The first-order chi connectivity index (χ1) is 12.2. The monoisotopic (exact) mass is 338 g/mol. The number of pyridine rings is 1. The quantitative estimate of drug-likeness (QED) is 0.777. The fraction of sp³-hybridized carbons (Fsp3) is 0.278. The first-order valence-electron chi connectivity index (χ1n) is 8.26. The van der Waals surface area contributed by atoms with E-state index in [-0.39, 0.29) is 17.7 Å². The van der Waals surface area contributed by atoms with Gasteiger partial charge in [0.25, 0.3) is 0 Å². The Labute approximate surface area is 143 Å². The van der Waals surface area contributed by atoms with Crippen molar-refractivity contribution in [3.8, 4) is 5.75 Å². The van der Waals surface area contributed by atoms with Gasteiger partial charge in [-0.15, -0.1) is 0 Å². The molecule has 0 radical (unpaired) electrons. The molecule has 1 amide bonds. The zero-order valence-electron chi connectivity index (χ0n) is 13.6. The lowest BCUT2D eigenvalue weighted by Crippen LogP contribution is -2.43. The number of rotatable bonds is 2. The smallest absolute Gasteiger partial charge is 0.329 e. The second-order valence-electron chi connectivity index (χ2n) is 6.13. The Kier molecular flexibility index (Phi) is 3.97. The maximum absolute atomic E-state index is 12.3. The molecule has 0 bridgehead atoms. The molecule has 0 saturated carbocycles. The predicted octanol–water partition coefficient (Wildman–Crippen LogP) is 2.24. The molecule has 1 aromatic carbocycles. The van der Waals surface area contributed by atoms with Crippen molar-refractivity contribution >= 4 is 16.9 Å². The summed E-state index contributed by atoms with van der Waals surface area (Å²) in [6, 6.07) is 8.88. The van der Waals surface area contributed by atoms with Gasteiger partial charge >= 0.3 is 6.03 Å². The number of ether oxygens (including phenoxy) is 1. The van der Waals surface area contributed by atoms with E-state index in [0.29, 0.717) is 13.1 Å². The van der Waals surface area contributed by atoms with Gasteiger partial charge in [0.15, 0.2) is 0 Å². The van der Waals surface area contributed by atoms with Gasteiger partial charge in [0, 0.05) is 55.3 Å². The Hall–Kier alpha value is -3.09. The summed E-state index contributed by atoms with van der Waals surface area (Å²) in [4.78, 5) is 32.1. The van der Waals surface area contributed by atoms with Crippen LogP contribution < -0.4 is 10.3 Å². The van der Waals surface area contributed by atoms with Crippen LogP contribution in [0.25, 0.3) is 10.9 Å². The van der Waals surface area contributed by atoms with Crippen LogP contribution in [-0.4, -0.2) is 44.7 Å². The lowest BCUT2D eigenvalue weighted by molar-refractivity contribution is 0.111. The van der Waals surface area contributed by atoms with Crippen molar-refractivity contribution in [3.63, 3.8) is 0 Å². The molecular weight excluding hydrogens is 320 g/mol. The average molecular weight is 338 g/mol. The number of nitrogens with one attached hydrogen (secondary N) is 1. The Morgan fingerprint density at radius 2 is 2.04 bits per heavy atom. The van der Waals surface area contributed by atoms with Crippen molar-refractivity contribution in [2.75, 3.05) is 13.1 Å². The number of piperidine rings is 1. The van der Waals surface area contributed by atoms with Crippen molar-refractivity contribution in [1.82, 2.24) is 19.4 Å². The third-order valence-electron chi connectivity index (χ3n) is 4.44. The third kappa shape index (κ3) is 3.26. The number of carbonyl (C=O) groups is 1. The van der Waals surface area contributed by atoms with Crippen LogP contribution in [0.15, 0.2) is 53.8 Å². The van der Waals surface area contributed by atoms with Gasteiger partial charge in [0.1, 0.15) is 18.2 Å². The van der Waals surface area contributed by atoms with Crippen LogP contribution in [0.4, 0.5) is 4.79 Å². The van der Waals surface area contributed by atoms with Crippen LogP contribution in [0.2, 0.25) is 0 Å². The van der Waals surface area contributed by atoms with E-state index in [9.17, 15) is 9.59 Å². The first-order valence-corrected chi connectivity index (χ1v) is 8.26. The Morgan fingerprint density at radius 3 is 2.80 bits per heavy atom. The van der Waals surface area contributed by atoms with Gasteiger partial charge in [-0.05, 0) is 24.3 Å². The molecule has 1 aliphatic heterocycles. The highest BCUT2D eigenvalue weighted by Crippen LogP contribution is 2.23. The van der Waals surface area contributed by atoms with Gasteiger partial charge in [-0.25, -0.2) is 9.78 Å². The van der Waals surface area contributed by atoms with E-state index in [1.54, 1.807) is 18.5 Å². The SMILES string of the molecule is O=C(N1CCC(Oc2ccc3[nH]c(=O)ccc3c2)CC1)n1ccnc1. The van der Waals surface area contributed by atoms with Gasteiger partial charge in [0.05, 0.1) is 0 Å². The number of hydrogen-bond acceptors (Lipinski definition) is 4. The number of amides is 1. The molecule has 3 heterocycles. The van der Waals surface area contributed by atoms with Gasteiger partial charge < -0.3 is 14.6 Å². The molecule has 4 rings (SSSR count). The summed E-state index contributed by atoms with van der Waals surface area (Å²) in [5.74, 6) is 0.777. The van der Waals surface area contributed by atoms with E-state index < -0.39 is 0 Å². The molecular formula is C18H18N4O3. The largest absolute Gasteiger partial charge is 0.490 e. The summed E-state index contributed by atoms with van der Waals surface area (Å²) in [5.41, 5.74) is 0.677. The van der Waals surface area contributed by atoms with Crippen molar-refractivity contribution < 1.29 is 9.53 Å². The number of carbonyl (C=O) groups excluding carboxylic acids is 1. The molecule has 1 saturated heterocycles. The standard InChI is InChI=1S/C18H18N4O3/c23-17-4-1-13-11-15(2-3-16(13)20-17)25-14-5-8-21(9-6-14)18(24)22-10-7-19-12-22/h1-4,7,10-12,14H,5-6,8-9H2,(H,20,23). The van der Waals surface area contributed by atoms with Crippen LogP contribution in [-0.2, 0) is 0 Å². The highest BCUT2D eigenvalue weighted by molar-refractivity contribution is 5.79. The topological polar surface area (TPSA) is 80.2 Å². The number of aromatic nitrogens is 3. The van der Waals surface area contributed by atoms with Crippen LogP contribution in [0.5, 0.6) is 5.75 Å². The van der Waals surface area contributed by atoms with E-state index >= 15 is 0 Å². The van der Waals surface area contributed by atoms with Gasteiger partial charge in [-0.1, -0.05) is 0 Å². The number of imidazole rings is 1.